The highest BCUT2D eigenvalue weighted by Crippen LogP contribution is 2.24. The second kappa shape index (κ2) is 7.15. The monoisotopic (exact) mass is 370 g/mol. The Bertz CT molecular complexity index is 1090. The van der Waals surface area contributed by atoms with E-state index < -0.39 is 0 Å². The molecule has 1 fully saturated rings. The molecule has 0 unspecified atom stereocenters. The average molecular weight is 370 g/mol. The van der Waals surface area contributed by atoms with Crippen LogP contribution in [0.3, 0.4) is 0 Å². The number of hydrogen-bond acceptors (Lipinski definition) is 8. The Morgan fingerprint density at radius 2 is 1.61 bits per heavy atom. The second-order valence-electron chi connectivity index (χ2n) is 6.52. The van der Waals surface area contributed by atoms with Gasteiger partial charge in [-0.2, -0.15) is 0 Å². The first kappa shape index (κ1) is 16.5. The molecule has 0 amide bonds. The summed E-state index contributed by atoms with van der Waals surface area (Å²) < 4.78 is 0. The fourth-order valence-electron chi connectivity index (χ4n) is 3.42. The fourth-order valence-corrected chi connectivity index (χ4v) is 3.42. The van der Waals surface area contributed by atoms with Crippen molar-refractivity contribution in [2.75, 3.05) is 36.0 Å². The van der Waals surface area contributed by atoms with Crippen LogP contribution >= 0.6 is 0 Å². The Kier molecular flexibility index (Phi) is 4.21. The lowest BCUT2D eigenvalue weighted by Gasteiger charge is -2.35. The number of fused-ring (bicyclic) bond motifs is 1. The smallest absolute Gasteiger partial charge is 0.226 e. The molecule has 4 aromatic heterocycles. The van der Waals surface area contributed by atoms with E-state index in [1.165, 1.54) is 0 Å². The van der Waals surface area contributed by atoms with Gasteiger partial charge in [0.25, 0.3) is 0 Å². The molecule has 138 valence electrons. The van der Waals surface area contributed by atoms with Gasteiger partial charge in [-0.1, -0.05) is 6.07 Å². The highest BCUT2D eigenvalue weighted by atomic mass is 15.3. The molecule has 5 heterocycles. The lowest BCUT2D eigenvalue weighted by molar-refractivity contribution is 0.636. The van der Waals surface area contributed by atoms with Crippen molar-refractivity contribution >= 4 is 22.7 Å². The van der Waals surface area contributed by atoms with E-state index in [0.29, 0.717) is 0 Å². The number of rotatable bonds is 3. The first-order chi connectivity index (χ1) is 13.9. The molecule has 0 aromatic carbocycles. The van der Waals surface area contributed by atoms with Crippen molar-refractivity contribution in [3.8, 4) is 11.4 Å². The molecule has 0 aliphatic carbocycles. The number of piperazine rings is 1. The van der Waals surface area contributed by atoms with Gasteiger partial charge in [0.1, 0.15) is 12.1 Å². The zero-order chi connectivity index (χ0) is 18.8. The maximum atomic E-state index is 4.71. The molecule has 1 aliphatic heterocycles. The predicted molar refractivity (Wildman–Crippen MR) is 107 cm³/mol. The molecular formula is C20H18N8. The van der Waals surface area contributed by atoms with E-state index in [1.54, 1.807) is 31.1 Å². The first-order valence-electron chi connectivity index (χ1n) is 9.17. The Morgan fingerprint density at radius 1 is 0.714 bits per heavy atom. The van der Waals surface area contributed by atoms with E-state index in [-0.39, 0.29) is 0 Å². The SMILES string of the molecule is c1ccc(-c2ccnc(N3CCN(c4ncnc5cnccc45)CC3)n2)nc1. The van der Waals surface area contributed by atoms with Gasteiger partial charge in [0.05, 0.1) is 23.1 Å². The van der Waals surface area contributed by atoms with Gasteiger partial charge in [-0.25, -0.2) is 19.9 Å². The molecule has 0 bridgehead atoms. The molecule has 0 spiro atoms. The van der Waals surface area contributed by atoms with Gasteiger partial charge in [0.15, 0.2) is 0 Å². The van der Waals surface area contributed by atoms with E-state index in [9.17, 15) is 0 Å². The molecule has 8 heteroatoms. The molecule has 1 saturated heterocycles. The van der Waals surface area contributed by atoms with E-state index in [1.807, 2.05) is 30.3 Å². The van der Waals surface area contributed by atoms with E-state index in [2.05, 4.69) is 34.7 Å². The Labute approximate surface area is 162 Å². The normalized spacial score (nSPS) is 14.4. The lowest BCUT2D eigenvalue weighted by Crippen LogP contribution is -2.47. The molecule has 28 heavy (non-hydrogen) atoms. The minimum Gasteiger partial charge on any atom is -0.352 e. The summed E-state index contributed by atoms with van der Waals surface area (Å²) in [4.78, 5) is 31.0. The van der Waals surface area contributed by atoms with E-state index in [4.69, 9.17) is 4.98 Å². The molecule has 0 saturated carbocycles. The third-order valence-corrected chi connectivity index (χ3v) is 4.85. The zero-order valence-corrected chi connectivity index (χ0v) is 15.2. The van der Waals surface area contributed by atoms with Gasteiger partial charge in [-0.3, -0.25) is 9.97 Å². The quantitative estimate of drug-likeness (QED) is 0.543. The van der Waals surface area contributed by atoms with Crippen LogP contribution in [0, 0.1) is 0 Å². The Morgan fingerprint density at radius 3 is 2.46 bits per heavy atom. The maximum Gasteiger partial charge on any atom is 0.226 e. The van der Waals surface area contributed by atoms with Crippen LogP contribution in [0.5, 0.6) is 0 Å². The zero-order valence-electron chi connectivity index (χ0n) is 15.2. The van der Waals surface area contributed by atoms with Gasteiger partial charge in [0, 0.05) is 50.2 Å². The van der Waals surface area contributed by atoms with Gasteiger partial charge in [-0.15, -0.1) is 0 Å². The van der Waals surface area contributed by atoms with Crippen LogP contribution in [0.2, 0.25) is 0 Å². The van der Waals surface area contributed by atoms with E-state index in [0.717, 1.165) is 60.2 Å². The van der Waals surface area contributed by atoms with Crippen LogP contribution in [-0.2, 0) is 0 Å². The van der Waals surface area contributed by atoms with Crippen LogP contribution in [0.1, 0.15) is 0 Å². The molecule has 0 N–H and O–H groups in total. The first-order valence-corrected chi connectivity index (χ1v) is 9.17. The van der Waals surface area contributed by atoms with Crippen LogP contribution in [0.4, 0.5) is 11.8 Å². The van der Waals surface area contributed by atoms with E-state index >= 15 is 0 Å². The highest BCUT2D eigenvalue weighted by Gasteiger charge is 2.22. The van der Waals surface area contributed by atoms with Crippen molar-refractivity contribution in [2.45, 2.75) is 0 Å². The van der Waals surface area contributed by atoms with Crippen molar-refractivity contribution in [2.24, 2.45) is 0 Å². The lowest BCUT2D eigenvalue weighted by atomic mass is 10.2. The van der Waals surface area contributed by atoms with Crippen molar-refractivity contribution < 1.29 is 0 Å². The molecule has 4 aromatic rings. The number of aromatic nitrogens is 6. The molecule has 8 nitrogen and oxygen atoms in total. The van der Waals surface area contributed by atoms with Crippen LogP contribution < -0.4 is 9.80 Å². The van der Waals surface area contributed by atoms with Gasteiger partial charge in [-0.05, 0) is 24.3 Å². The third-order valence-electron chi connectivity index (χ3n) is 4.85. The van der Waals surface area contributed by atoms with Crippen molar-refractivity contribution in [3.63, 3.8) is 0 Å². The van der Waals surface area contributed by atoms with Crippen LogP contribution in [0.15, 0.2) is 61.4 Å². The molecule has 0 atom stereocenters. The summed E-state index contributed by atoms with van der Waals surface area (Å²) in [5.41, 5.74) is 2.55. The predicted octanol–water partition coefficient (Wildman–Crippen LogP) is 2.20. The number of anilines is 2. The number of hydrogen-bond donors (Lipinski definition) is 0. The van der Waals surface area contributed by atoms with Gasteiger partial charge in [0.2, 0.25) is 5.95 Å². The summed E-state index contributed by atoms with van der Waals surface area (Å²) >= 11 is 0. The minimum atomic E-state index is 0.736. The summed E-state index contributed by atoms with van der Waals surface area (Å²) in [5, 5.41) is 1.03. The third kappa shape index (κ3) is 3.09. The Hall–Kier alpha value is -3.68. The second-order valence-corrected chi connectivity index (χ2v) is 6.52. The van der Waals surface area contributed by atoms with Gasteiger partial charge >= 0.3 is 0 Å². The summed E-state index contributed by atoms with van der Waals surface area (Å²) in [5.74, 6) is 1.69. The average Bonchev–Trinajstić information content (AvgIpc) is 2.79. The summed E-state index contributed by atoms with van der Waals surface area (Å²) in [7, 11) is 0. The Balaban J connectivity index is 1.35. The van der Waals surface area contributed by atoms with Crippen molar-refractivity contribution in [3.05, 3.63) is 61.4 Å². The van der Waals surface area contributed by atoms with Gasteiger partial charge < -0.3 is 9.80 Å². The van der Waals surface area contributed by atoms with Crippen molar-refractivity contribution in [1.29, 1.82) is 0 Å². The molecule has 5 rings (SSSR count). The fraction of sp³-hybridized carbons (Fsp3) is 0.200. The number of nitrogens with zero attached hydrogens (tertiary/aromatic N) is 8. The number of pyridine rings is 2. The molecule has 1 aliphatic rings. The summed E-state index contributed by atoms with van der Waals surface area (Å²) in [6.45, 7) is 3.32. The van der Waals surface area contributed by atoms with Crippen molar-refractivity contribution in [1.82, 2.24) is 29.9 Å². The standard InChI is InChI=1S/C20H18N8/c1-2-6-22-16(3-1)17-5-8-23-20(26-17)28-11-9-27(10-12-28)19-15-4-7-21-13-18(15)24-14-25-19/h1-8,13-14H,9-12H2. The van der Waals surface area contributed by atoms with Crippen LogP contribution in [0.25, 0.3) is 22.3 Å². The topological polar surface area (TPSA) is 83.8 Å². The molecule has 0 radical (unpaired) electrons. The summed E-state index contributed by atoms with van der Waals surface area (Å²) in [6.07, 6.45) is 8.72. The molecular weight excluding hydrogens is 352 g/mol. The maximum absolute atomic E-state index is 4.71. The summed E-state index contributed by atoms with van der Waals surface area (Å²) in [6, 6.07) is 9.68. The minimum absolute atomic E-state index is 0.736. The largest absolute Gasteiger partial charge is 0.352 e. The van der Waals surface area contributed by atoms with Crippen LogP contribution in [-0.4, -0.2) is 56.1 Å². The highest BCUT2D eigenvalue weighted by molar-refractivity contribution is 5.88.